The smallest absolute Gasteiger partial charge is 0.266 e. The number of amidine groups is 2. The van der Waals surface area contributed by atoms with E-state index in [0.717, 1.165) is 20.9 Å². The Morgan fingerprint density at radius 3 is 1.24 bits per heavy atom. The monoisotopic (exact) mass is 674 g/mol. The predicted molar refractivity (Wildman–Crippen MR) is 197 cm³/mol. The highest BCUT2D eigenvalue weighted by Crippen LogP contribution is 2.28. The second-order valence-electron chi connectivity index (χ2n) is 10.1. The maximum Gasteiger partial charge on any atom is 0.283 e. The van der Waals surface area contributed by atoms with Crippen LogP contribution in [0.5, 0.6) is 0 Å². The van der Waals surface area contributed by atoms with E-state index in [1.54, 1.807) is 35.7 Å². The second kappa shape index (κ2) is 13.9. The summed E-state index contributed by atoms with van der Waals surface area (Å²) in [5, 5.41) is 0. The third kappa shape index (κ3) is 6.43. The highest BCUT2D eigenvalue weighted by molar-refractivity contribution is 7.98. The van der Waals surface area contributed by atoms with Gasteiger partial charge in [0, 0.05) is 20.9 Å². The van der Waals surface area contributed by atoms with Crippen LogP contribution >= 0.6 is 48.0 Å². The van der Waals surface area contributed by atoms with Crippen LogP contribution in [0.4, 0.5) is 0 Å². The van der Waals surface area contributed by atoms with E-state index in [9.17, 15) is 9.59 Å². The largest absolute Gasteiger partial charge is 0.283 e. The van der Waals surface area contributed by atoms with Crippen LogP contribution in [0.15, 0.2) is 140 Å². The topological polar surface area (TPSA) is 65.3 Å². The molecule has 0 atom stereocenters. The molecular weight excluding hydrogens is 649 g/mol. The van der Waals surface area contributed by atoms with E-state index in [1.807, 2.05) is 122 Å². The van der Waals surface area contributed by atoms with E-state index in [-0.39, 0.29) is 21.4 Å². The van der Waals surface area contributed by atoms with Gasteiger partial charge in [0.1, 0.15) is 23.1 Å². The second-order valence-corrected chi connectivity index (χ2v) is 12.6. The van der Waals surface area contributed by atoms with Gasteiger partial charge < -0.3 is 0 Å². The Labute approximate surface area is 286 Å². The van der Waals surface area contributed by atoms with Crippen LogP contribution in [0.25, 0.3) is 12.2 Å². The van der Waals surface area contributed by atoms with E-state index in [2.05, 4.69) is 0 Å². The van der Waals surface area contributed by atoms with Crippen molar-refractivity contribution >= 4 is 93.6 Å². The highest BCUT2D eigenvalue weighted by Gasteiger charge is 2.41. The summed E-state index contributed by atoms with van der Waals surface area (Å²) in [6.07, 6.45) is 7.46. The number of hydrogen-bond donors (Lipinski definition) is 0. The van der Waals surface area contributed by atoms with E-state index in [1.165, 1.54) is 9.80 Å². The lowest BCUT2D eigenvalue weighted by atomic mass is 10.1. The number of carbonyl (C=O) groups excluding carboxylic acids is 2. The predicted octanol–water partition coefficient (Wildman–Crippen LogP) is 7.75. The lowest BCUT2D eigenvalue weighted by molar-refractivity contribution is -0.121. The Bertz CT molecular complexity index is 1820. The zero-order valence-electron chi connectivity index (χ0n) is 24.8. The molecule has 0 saturated carbocycles. The zero-order valence-corrected chi connectivity index (χ0v) is 28.1. The van der Waals surface area contributed by atoms with Crippen molar-refractivity contribution in [1.82, 2.24) is 9.80 Å². The number of rotatable bonds is 6. The number of aliphatic imine (C=N–C) groups is 2. The summed E-state index contributed by atoms with van der Waals surface area (Å²) in [4.78, 5) is 42.3. The average Bonchev–Trinajstić information content (AvgIpc) is 3.60. The summed E-state index contributed by atoms with van der Waals surface area (Å²) in [7, 11) is 0. The van der Waals surface area contributed by atoms with Gasteiger partial charge in [-0.3, -0.25) is 9.59 Å². The zero-order chi connectivity index (χ0) is 32.2. The van der Waals surface area contributed by atoms with Crippen LogP contribution in [0, 0.1) is 0 Å². The summed E-state index contributed by atoms with van der Waals surface area (Å²) in [5.74, 6) is -0.205. The highest BCUT2D eigenvalue weighted by atomic mass is 32.2. The number of thiocarbonyl (C=S) groups is 2. The standard InChI is InChI=1S/C36H26N4O2S4/c1-45-27-17-13-23(14-18-27)21-29-33(41)39(31(37-29)25-9-5-3-6-10-25)35(43)36(44)40-32(26-11-7-4-8-12-26)38-30(34(40)42)22-24-15-19-28(46-2)20-16-24/h3-22H,1-2H3. The first kappa shape index (κ1) is 31.5. The number of hydrogen-bond acceptors (Lipinski definition) is 8. The van der Waals surface area contributed by atoms with Gasteiger partial charge in [-0.2, -0.15) is 0 Å². The minimum Gasteiger partial charge on any atom is -0.266 e. The molecule has 10 heteroatoms. The Balaban J connectivity index is 1.38. The Hall–Kier alpha value is -4.48. The summed E-state index contributed by atoms with van der Waals surface area (Å²) in [6.45, 7) is 0. The molecule has 0 fully saturated rings. The molecule has 0 radical (unpaired) electrons. The van der Waals surface area contributed by atoms with Crippen molar-refractivity contribution in [2.24, 2.45) is 9.98 Å². The van der Waals surface area contributed by atoms with Crippen molar-refractivity contribution in [2.75, 3.05) is 12.5 Å². The fourth-order valence-corrected chi connectivity index (χ4v) is 6.22. The third-order valence-electron chi connectivity index (χ3n) is 7.21. The van der Waals surface area contributed by atoms with Crippen LogP contribution in [0.3, 0.4) is 0 Å². The van der Waals surface area contributed by atoms with Gasteiger partial charge in [-0.1, -0.05) is 109 Å². The Morgan fingerprint density at radius 2 is 0.913 bits per heavy atom. The molecule has 2 amide bonds. The molecule has 4 aromatic carbocycles. The van der Waals surface area contributed by atoms with Gasteiger partial charge in [0.25, 0.3) is 11.8 Å². The molecule has 0 unspecified atom stereocenters. The summed E-state index contributed by atoms with van der Waals surface area (Å²) < 4.78 is 0. The van der Waals surface area contributed by atoms with E-state index in [4.69, 9.17) is 34.4 Å². The molecule has 6 rings (SSSR count). The minimum absolute atomic E-state index is 0.0220. The lowest BCUT2D eigenvalue weighted by Gasteiger charge is -2.25. The van der Waals surface area contributed by atoms with Gasteiger partial charge in [-0.25, -0.2) is 19.8 Å². The Morgan fingerprint density at radius 1 is 0.565 bits per heavy atom. The van der Waals surface area contributed by atoms with Crippen molar-refractivity contribution in [1.29, 1.82) is 0 Å². The van der Waals surface area contributed by atoms with Gasteiger partial charge in [0.05, 0.1) is 0 Å². The fraction of sp³-hybridized carbons (Fsp3) is 0.0556. The average molecular weight is 675 g/mol. The van der Waals surface area contributed by atoms with Gasteiger partial charge in [-0.05, 0) is 60.1 Å². The van der Waals surface area contributed by atoms with Crippen LogP contribution < -0.4 is 0 Å². The quantitative estimate of drug-likeness (QED) is 0.118. The minimum atomic E-state index is -0.436. The molecule has 0 spiro atoms. The van der Waals surface area contributed by atoms with Crippen LogP contribution in [-0.2, 0) is 9.59 Å². The van der Waals surface area contributed by atoms with Crippen molar-refractivity contribution in [2.45, 2.75) is 9.79 Å². The molecular formula is C36H26N4O2S4. The first-order valence-electron chi connectivity index (χ1n) is 14.1. The van der Waals surface area contributed by atoms with Gasteiger partial charge in [-0.15, -0.1) is 23.5 Å². The summed E-state index contributed by atoms with van der Waals surface area (Å²) in [5.41, 5.74) is 3.42. The molecule has 0 bridgehead atoms. The van der Waals surface area contributed by atoms with Crippen molar-refractivity contribution in [3.8, 4) is 0 Å². The van der Waals surface area contributed by atoms with E-state index < -0.39 is 11.8 Å². The number of carbonyl (C=O) groups is 2. The first-order valence-corrected chi connectivity index (χ1v) is 17.4. The molecule has 0 aliphatic carbocycles. The Kier molecular flexibility index (Phi) is 9.51. The van der Waals surface area contributed by atoms with E-state index in [0.29, 0.717) is 22.8 Å². The number of nitrogens with zero attached hydrogens (tertiary/aromatic N) is 4. The lowest BCUT2D eigenvalue weighted by Crippen LogP contribution is -2.49. The maximum absolute atomic E-state index is 14.0. The molecule has 6 nitrogen and oxygen atoms in total. The van der Waals surface area contributed by atoms with Gasteiger partial charge in [0.15, 0.2) is 9.98 Å². The normalized spacial score (nSPS) is 16.3. The molecule has 0 saturated heterocycles. The third-order valence-corrected chi connectivity index (χ3v) is 9.58. The molecule has 0 N–H and O–H groups in total. The molecule has 2 aliphatic rings. The van der Waals surface area contributed by atoms with Gasteiger partial charge >= 0.3 is 0 Å². The molecule has 2 heterocycles. The van der Waals surface area contributed by atoms with Crippen molar-refractivity contribution in [3.63, 3.8) is 0 Å². The number of benzene rings is 4. The van der Waals surface area contributed by atoms with Crippen molar-refractivity contribution in [3.05, 3.63) is 143 Å². The van der Waals surface area contributed by atoms with Gasteiger partial charge in [0.2, 0.25) is 0 Å². The fourth-order valence-electron chi connectivity index (χ4n) is 4.88. The molecule has 46 heavy (non-hydrogen) atoms. The number of amides is 2. The SMILES string of the molecule is CSc1ccc(C=C2N=C(c3ccccc3)N(C(=S)C(=S)N3C(=O)C(=Cc4ccc(SC)cc4)N=C3c3ccccc3)C2=O)cc1. The molecule has 4 aromatic rings. The van der Waals surface area contributed by atoms with Crippen LogP contribution in [-0.4, -0.2) is 55.8 Å². The summed E-state index contributed by atoms with van der Waals surface area (Å²) >= 11 is 15.1. The molecule has 0 aromatic heterocycles. The van der Waals surface area contributed by atoms with Crippen LogP contribution in [0.1, 0.15) is 22.3 Å². The molecule has 2 aliphatic heterocycles. The maximum atomic E-state index is 14.0. The molecule has 226 valence electrons. The van der Waals surface area contributed by atoms with Crippen LogP contribution in [0.2, 0.25) is 0 Å². The van der Waals surface area contributed by atoms with Crippen molar-refractivity contribution < 1.29 is 9.59 Å². The first-order chi connectivity index (χ1) is 22.4. The van der Waals surface area contributed by atoms with E-state index >= 15 is 0 Å². The number of thioether (sulfide) groups is 2. The summed E-state index contributed by atoms with van der Waals surface area (Å²) in [6, 6.07) is 34.3.